The first kappa shape index (κ1) is 19.5. The average molecular weight is 350 g/mol. The van der Waals surface area contributed by atoms with Crippen molar-refractivity contribution in [1.29, 1.82) is 5.26 Å². The van der Waals surface area contributed by atoms with Crippen LogP contribution in [0.1, 0.15) is 37.3 Å². The molecule has 1 amide bonds. The Morgan fingerprint density at radius 2 is 1.96 bits per heavy atom. The number of hydrogen-bond acceptors (Lipinski definition) is 3. The van der Waals surface area contributed by atoms with Crippen LogP contribution < -0.4 is 10.1 Å². The van der Waals surface area contributed by atoms with Gasteiger partial charge in [-0.1, -0.05) is 42.5 Å². The summed E-state index contributed by atoms with van der Waals surface area (Å²) in [6, 6.07) is 20.1. The summed E-state index contributed by atoms with van der Waals surface area (Å²) in [5.41, 5.74) is 1.45. The highest BCUT2D eigenvalue weighted by atomic mass is 16.5. The van der Waals surface area contributed by atoms with Crippen molar-refractivity contribution in [3.8, 4) is 11.8 Å². The highest BCUT2D eigenvalue weighted by Gasteiger charge is 2.25. The lowest BCUT2D eigenvalue weighted by molar-refractivity contribution is -0.122. The van der Waals surface area contributed by atoms with Crippen LogP contribution in [0, 0.1) is 18.3 Å². The van der Waals surface area contributed by atoms with E-state index in [1.54, 1.807) is 6.92 Å². The van der Waals surface area contributed by atoms with Crippen molar-refractivity contribution < 1.29 is 9.53 Å². The summed E-state index contributed by atoms with van der Waals surface area (Å²) < 4.78 is 5.65. The molecule has 0 saturated heterocycles. The zero-order chi connectivity index (χ0) is 18.8. The molecule has 2 rings (SSSR count). The molecule has 0 spiro atoms. The molecular formula is C22H26N2O2. The Bertz CT molecular complexity index is 752. The third-order valence-corrected chi connectivity index (χ3v) is 4.23. The maximum Gasteiger partial charge on any atom is 0.221 e. The molecule has 0 saturated carbocycles. The summed E-state index contributed by atoms with van der Waals surface area (Å²) in [5, 5.41) is 12.3. The number of benzene rings is 2. The molecule has 4 nitrogen and oxygen atoms in total. The molecule has 0 radical (unpaired) electrons. The van der Waals surface area contributed by atoms with Gasteiger partial charge in [-0.05, 0) is 56.4 Å². The van der Waals surface area contributed by atoms with E-state index in [1.807, 2.05) is 61.5 Å². The van der Waals surface area contributed by atoms with Gasteiger partial charge in [-0.3, -0.25) is 4.79 Å². The molecule has 0 heterocycles. The van der Waals surface area contributed by atoms with E-state index >= 15 is 0 Å². The number of carbonyl (C=O) groups excluding carboxylic acids is 1. The second kappa shape index (κ2) is 9.62. The minimum atomic E-state index is -0.857. The number of nitrogens with zero attached hydrogens (tertiary/aromatic N) is 1. The molecule has 4 heteroatoms. The molecule has 1 atom stereocenters. The highest BCUT2D eigenvalue weighted by Crippen LogP contribution is 2.15. The Morgan fingerprint density at radius 1 is 1.19 bits per heavy atom. The molecule has 0 fully saturated rings. The summed E-state index contributed by atoms with van der Waals surface area (Å²) in [4.78, 5) is 12.2. The lowest BCUT2D eigenvalue weighted by Gasteiger charge is -2.23. The second-order valence-corrected chi connectivity index (χ2v) is 6.75. The fourth-order valence-corrected chi connectivity index (χ4v) is 2.68. The van der Waals surface area contributed by atoms with E-state index in [0.717, 1.165) is 23.3 Å². The molecular weight excluding hydrogens is 324 g/mol. The zero-order valence-electron chi connectivity index (χ0n) is 15.5. The van der Waals surface area contributed by atoms with Crippen LogP contribution in [0.3, 0.4) is 0 Å². The van der Waals surface area contributed by atoms with Gasteiger partial charge in [0.1, 0.15) is 11.3 Å². The number of ether oxygens (including phenoxy) is 1. The van der Waals surface area contributed by atoms with Crippen LogP contribution in [0.25, 0.3) is 0 Å². The molecule has 0 aliphatic carbocycles. The van der Waals surface area contributed by atoms with Gasteiger partial charge in [-0.25, -0.2) is 0 Å². The smallest absolute Gasteiger partial charge is 0.221 e. The topological polar surface area (TPSA) is 62.1 Å². The van der Waals surface area contributed by atoms with Gasteiger partial charge in [-0.2, -0.15) is 5.26 Å². The van der Waals surface area contributed by atoms with Crippen LogP contribution in [0.15, 0.2) is 54.6 Å². The van der Waals surface area contributed by atoms with E-state index in [1.165, 1.54) is 0 Å². The van der Waals surface area contributed by atoms with Gasteiger partial charge in [-0.15, -0.1) is 0 Å². The molecule has 2 aromatic rings. The third kappa shape index (κ3) is 6.60. The van der Waals surface area contributed by atoms with Crippen molar-refractivity contribution in [2.75, 3.05) is 6.61 Å². The quantitative estimate of drug-likeness (QED) is 0.690. The van der Waals surface area contributed by atoms with E-state index in [2.05, 4.69) is 11.4 Å². The SMILES string of the molecule is Cc1cccc(OCCCC(=O)N[C@@](C)(C#N)CCc2ccccc2)c1. The Hall–Kier alpha value is -2.80. The predicted octanol–water partition coefficient (Wildman–Crippen LogP) is 4.19. The minimum absolute atomic E-state index is 0.116. The Kier molecular flexibility index (Phi) is 7.23. The fraction of sp³-hybridized carbons (Fsp3) is 0.364. The van der Waals surface area contributed by atoms with Gasteiger partial charge in [0.2, 0.25) is 5.91 Å². The van der Waals surface area contributed by atoms with Gasteiger partial charge in [0.25, 0.3) is 0 Å². The van der Waals surface area contributed by atoms with Crippen molar-refractivity contribution in [3.05, 3.63) is 65.7 Å². The number of amides is 1. The lowest BCUT2D eigenvalue weighted by Crippen LogP contribution is -2.45. The largest absolute Gasteiger partial charge is 0.494 e. The van der Waals surface area contributed by atoms with Crippen LogP contribution in [0.5, 0.6) is 5.75 Å². The first-order valence-corrected chi connectivity index (χ1v) is 8.96. The first-order valence-electron chi connectivity index (χ1n) is 8.96. The van der Waals surface area contributed by atoms with E-state index in [0.29, 0.717) is 25.9 Å². The molecule has 0 aromatic heterocycles. The number of nitriles is 1. The first-order chi connectivity index (χ1) is 12.5. The summed E-state index contributed by atoms with van der Waals surface area (Å²) in [6.07, 6.45) is 2.29. The number of carbonyl (C=O) groups is 1. The van der Waals surface area contributed by atoms with Crippen molar-refractivity contribution in [3.63, 3.8) is 0 Å². The summed E-state index contributed by atoms with van der Waals surface area (Å²) in [5.74, 6) is 0.699. The summed E-state index contributed by atoms with van der Waals surface area (Å²) in [6.45, 7) is 4.26. The van der Waals surface area contributed by atoms with Crippen molar-refractivity contribution in [2.24, 2.45) is 0 Å². The maximum absolute atomic E-state index is 12.2. The molecule has 1 N–H and O–H groups in total. The fourth-order valence-electron chi connectivity index (χ4n) is 2.68. The molecule has 2 aromatic carbocycles. The summed E-state index contributed by atoms with van der Waals surface area (Å²) >= 11 is 0. The van der Waals surface area contributed by atoms with Crippen LogP contribution in [-0.2, 0) is 11.2 Å². The Labute approximate surface area is 155 Å². The van der Waals surface area contributed by atoms with Gasteiger partial charge in [0, 0.05) is 6.42 Å². The summed E-state index contributed by atoms with van der Waals surface area (Å²) in [7, 11) is 0. The van der Waals surface area contributed by atoms with Crippen molar-refractivity contribution >= 4 is 5.91 Å². The van der Waals surface area contributed by atoms with Crippen molar-refractivity contribution in [1.82, 2.24) is 5.32 Å². The van der Waals surface area contributed by atoms with Crippen LogP contribution in [0.4, 0.5) is 0 Å². The highest BCUT2D eigenvalue weighted by molar-refractivity contribution is 5.77. The van der Waals surface area contributed by atoms with Gasteiger partial charge < -0.3 is 10.1 Å². The number of aryl methyl sites for hydroxylation is 2. The van der Waals surface area contributed by atoms with Gasteiger partial charge in [0.15, 0.2) is 0 Å². The molecule has 136 valence electrons. The Balaban J connectivity index is 1.73. The van der Waals surface area contributed by atoms with Crippen LogP contribution in [0.2, 0.25) is 0 Å². The van der Waals surface area contributed by atoms with Gasteiger partial charge >= 0.3 is 0 Å². The molecule has 0 unspecified atom stereocenters. The predicted molar refractivity (Wildman–Crippen MR) is 103 cm³/mol. The van der Waals surface area contributed by atoms with Crippen molar-refractivity contribution in [2.45, 2.75) is 45.1 Å². The molecule has 26 heavy (non-hydrogen) atoms. The van der Waals surface area contributed by atoms with E-state index in [9.17, 15) is 10.1 Å². The monoisotopic (exact) mass is 350 g/mol. The average Bonchev–Trinajstić information content (AvgIpc) is 2.65. The van der Waals surface area contributed by atoms with E-state index < -0.39 is 5.54 Å². The number of nitrogens with one attached hydrogen (secondary N) is 1. The van der Waals surface area contributed by atoms with E-state index in [-0.39, 0.29) is 5.91 Å². The Morgan fingerprint density at radius 3 is 2.65 bits per heavy atom. The third-order valence-electron chi connectivity index (χ3n) is 4.23. The van der Waals surface area contributed by atoms with Crippen LogP contribution >= 0.6 is 0 Å². The minimum Gasteiger partial charge on any atom is -0.494 e. The van der Waals surface area contributed by atoms with Gasteiger partial charge in [0.05, 0.1) is 12.7 Å². The normalized spacial score (nSPS) is 12.7. The standard InChI is InChI=1S/C22H26N2O2/c1-18-8-6-11-20(16-18)26-15-7-12-21(25)24-22(2,17-23)14-13-19-9-4-3-5-10-19/h3-6,8-11,16H,7,12-15H2,1-2H3,(H,24,25)/t22-/m1/s1. The number of rotatable bonds is 9. The second-order valence-electron chi connectivity index (χ2n) is 6.75. The van der Waals surface area contributed by atoms with Crippen LogP contribution in [-0.4, -0.2) is 18.1 Å². The molecule has 0 aliphatic rings. The number of hydrogen-bond donors (Lipinski definition) is 1. The van der Waals surface area contributed by atoms with E-state index in [4.69, 9.17) is 4.74 Å². The molecule has 0 aliphatic heterocycles. The lowest BCUT2D eigenvalue weighted by atomic mass is 9.94. The molecule has 0 bridgehead atoms. The zero-order valence-corrected chi connectivity index (χ0v) is 15.5. The maximum atomic E-state index is 12.2.